The van der Waals surface area contributed by atoms with Crippen LogP contribution in [0, 0.1) is 0 Å². The smallest absolute Gasteiger partial charge is 0.239 e. The van der Waals surface area contributed by atoms with E-state index < -0.39 is 101 Å². The van der Waals surface area contributed by atoms with E-state index in [0.29, 0.717) is 0 Å². The van der Waals surface area contributed by atoms with E-state index >= 15 is 0 Å². The first-order valence-electron chi connectivity index (χ1n) is 12.4. The Balaban J connectivity index is 1.59. The molecule has 0 unspecified atom stereocenters. The minimum absolute atomic E-state index is 0.00354. The molecule has 0 saturated carbocycles. The predicted octanol–water partition coefficient (Wildman–Crippen LogP) is -1.05. The van der Waals surface area contributed by atoms with Gasteiger partial charge in [0.2, 0.25) is 17.5 Å². The number of aliphatic hydroxyl groups excluding tert-OH is 5. The van der Waals surface area contributed by atoms with Gasteiger partial charge in [-0.1, -0.05) is 0 Å². The van der Waals surface area contributed by atoms with Crippen molar-refractivity contribution >= 4 is 11.0 Å². The van der Waals surface area contributed by atoms with Crippen molar-refractivity contribution in [3.8, 4) is 40.1 Å². The Bertz CT molecular complexity index is 1490. The van der Waals surface area contributed by atoms with Crippen LogP contribution in [0.25, 0.3) is 22.3 Å². The summed E-state index contributed by atoms with van der Waals surface area (Å²) in [7, 11) is 0. The molecule has 0 bridgehead atoms. The van der Waals surface area contributed by atoms with Crippen LogP contribution in [0.2, 0.25) is 0 Å². The highest BCUT2D eigenvalue weighted by atomic mass is 16.8. The summed E-state index contributed by atoms with van der Waals surface area (Å²) >= 11 is 0. The van der Waals surface area contributed by atoms with Crippen molar-refractivity contribution < 1.29 is 69.3 Å². The molecule has 3 aromatic rings. The predicted molar refractivity (Wildman–Crippen MR) is 134 cm³/mol. The van der Waals surface area contributed by atoms with E-state index in [2.05, 4.69) is 0 Å². The number of phenolic OH excluding ortho intramolecular Hbond substituents is 4. The van der Waals surface area contributed by atoms with Gasteiger partial charge in [0.15, 0.2) is 29.7 Å². The SMILES string of the molecule is C[C@@H]1O[C@@H](O[C@H]2[C@H](Oc3c(-c4ccc(O)c(O)c4)oc4cc(O)cc(O)c4c3=O)O[C@@H](CO)[C@@H]2O)[C@H](O)[C@H](O)[C@@H]1O. The van der Waals surface area contributed by atoms with Crippen molar-refractivity contribution in [2.75, 3.05) is 6.61 Å². The van der Waals surface area contributed by atoms with E-state index in [9.17, 15) is 50.8 Å². The molecule has 41 heavy (non-hydrogen) atoms. The van der Waals surface area contributed by atoms with Gasteiger partial charge in [0.1, 0.15) is 53.0 Å². The number of aromatic hydroxyl groups is 4. The molecule has 222 valence electrons. The lowest BCUT2D eigenvalue weighted by Gasteiger charge is -2.40. The Morgan fingerprint density at radius 2 is 1.56 bits per heavy atom. The number of fused-ring (bicyclic) bond motifs is 1. The van der Waals surface area contributed by atoms with Crippen molar-refractivity contribution in [3.63, 3.8) is 0 Å². The highest BCUT2D eigenvalue weighted by Gasteiger charge is 2.51. The highest BCUT2D eigenvalue weighted by molar-refractivity contribution is 5.88. The fourth-order valence-corrected chi connectivity index (χ4v) is 4.72. The maximum Gasteiger partial charge on any atom is 0.239 e. The molecule has 5 rings (SSSR count). The molecule has 2 fully saturated rings. The van der Waals surface area contributed by atoms with Gasteiger partial charge in [0, 0.05) is 17.7 Å². The zero-order valence-electron chi connectivity index (χ0n) is 21.3. The quantitative estimate of drug-likeness (QED) is 0.158. The van der Waals surface area contributed by atoms with E-state index in [0.717, 1.165) is 24.3 Å². The lowest BCUT2D eigenvalue weighted by molar-refractivity contribution is -0.316. The van der Waals surface area contributed by atoms with Crippen LogP contribution in [0.5, 0.6) is 28.7 Å². The first-order valence-corrected chi connectivity index (χ1v) is 12.4. The molecule has 0 radical (unpaired) electrons. The fraction of sp³-hybridized carbons (Fsp3) is 0.423. The standard InChI is InChI=1S/C26H28O15/c1-8-17(32)20(35)21(36)25(37-8)41-24-18(33)15(7-27)39-26(24)40-23-19(34)16-13(31)5-10(28)6-14(16)38-22(23)9-2-3-11(29)12(30)4-9/h2-6,8,15,17-18,20-21,24-33,35-36H,7H2,1H3/t8-,15-,17+,18-,20+,21+,24+,25-,26-/m0/s1. The van der Waals surface area contributed by atoms with Gasteiger partial charge in [-0.15, -0.1) is 0 Å². The van der Waals surface area contributed by atoms with Gasteiger partial charge >= 0.3 is 0 Å². The van der Waals surface area contributed by atoms with Gasteiger partial charge in [-0.3, -0.25) is 4.79 Å². The first kappa shape index (κ1) is 28.8. The second-order valence-corrected chi connectivity index (χ2v) is 9.75. The lowest BCUT2D eigenvalue weighted by Crippen LogP contribution is -2.59. The molecule has 9 N–H and O–H groups in total. The number of rotatable bonds is 6. The number of benzene rings is 2. The average Bonchev–Trinajstić information content (AvgIpc) is 3.22. The highest BCUT2D eigenvalue weighted by Crippen LogP contribution is 2.40. The van der Waals surface area contributed by atoms with Gasteiger partial charge in [-0.2, -0.15) is 0 Å². The van der Waals surface area contributed by atoms with E-state index in [-0.39, 0.29) is 16.9 Å². The molecule has 15 nitrogen and oxygen atoms in total. The molecule has 2 aliphatic heterocycles. The third-order valence-electron chi connectivity index (χ3n) is 6.96. The van der Waals surface area contributed by atoms with E-state index in [4.69, 9.17) is 23.4 Å². The van der Waals surface area contributed by atoms with E-state index in [1.165, 1.54) is 13.0 Å². The van der Waals surface area contributed by atoms with Crippen molar-refractivity contribution in [1.29, 1.82) is 0 Å². The number of ether oxygens (including phenoxy) is 4. The van der Waals surface area contributed by atoms with Gasteiger partial charge < -0.3 is 69.3 Å². The number of hydrogen-bond acceptors (Lipinski definition) is 15. The summed E-state index contributed by atoms with van der Waals surface area (Å²) in [5.74, 6) is -3.13. The molecule has 2 aromatic carbocycles. The second-order valence-electron chi connectivity index (χ2n) is 9.75. The van der Waals surface area contributed by atoms with Gasteiger partial charge in [0.25, 0.3) is 0 Å². The summed E-state index contributed by atoms with van der Waals surface area (Å²) in [6.45, 7) is 0.684. The molecule has 15 heteroatoms. The van der Waals surface area contributed by atoms with Crippen molar-refractivity contribution in [2.24, 2.45) is 0 Å². The zero-order valence-corrected chi connectivity index (χ0v) is 21.3. The molecule has 0 amide bonds. The summed E-state index contributed by atoms with van der Waals surface area (Å²) in [6.07, 6.45) is -13.7. The van der Waals surface area contributed by atoms with Crippen molar-refractivity contribution in [1.82, 2.24) is 0 Å². The van der Waals surface area contributed by atoms with Crippen LogP contribution in [0.1, 0.15) is 6.92 Å². The Labute approximate surface area is 230 Å². The summed E-state index contributed by atoms with van der Waals surface area (Å²) in [4.78, 5) is 13.6. The van der Waals surface area contributed by atoms with Gasteiger partial charge in [-0.25, -0.2) is 0 Å². The third-order valence-corrected chi connectivity index (χ3v) is 6.96. The normalized spacial score (nSPS) is 31.9. The van der Waals surface area contributed by atoms with E-state index in [1.54, 1.807) is 0 Å². The zero-order chi connectivity index (χ0) is 29.7. The van der Waals surface area contributed by atoms with Crippen LogP contribution in [0.4, 0.5) is 0 Å². The number of aliphatic hydroxyl groups is 5. The summed E-state index contributed by atoms with van der Waals surface area (Å²) in [5, 5.41) is 90.7. The minimum atomic E-state index is -1.77. The molecule has 2 aliphatic rings. The third kappa shape index (κ3) is 5.13. The second kappa shape index (κ2) is 11.0. The van der Waals surface area contributed by atoms with Crippen LogP contribution in [-0.2, 0) is 14.2 Å². The maximum atomic E-state index is 13.6. The van der Waals surface area contributed by atoms with Crippen LogP contribution in [-0.4, -0.2) is 108 Å². The molecule has 1 aromatic heterocycles. The molecule has 9 atom stereocenters. The molecular weight excluding hydrogens is 552 g/mol. The van der Waals surface area contributed by atoms with Crippen molar-refractivity contribution in [3.05, 3.63) is 40.6 Å². The largest absolute Gasteiger partial charge is 0.508 e. The Morgan fingerprint density at radius 1 is 0.829 bits per heavy atom. The van der Waals surface area contributed by atoms with Crippen molar-refractivity contribution in [2.45, 2.75) is 62.2 Å². The first-order chi connectivity index (χ1) is 19.4. The number of phenols is 4. The summed E-state index contributed by atoms with van der Waals surface area (Å²) in [6, 6.07) is 5.36. The van der Waals surface area contributed by atoms with E-state index in [1.807, 2.05) is 0 Å². The molecule has 0 spiro atoms. The summed E-state index contributed by atoms with van der Waals surface area (Å²) < 4.78 is 28.3. The fourth-order valence-electron chi connectivity index (χ4n) is 4.72. The molecular formula is C26H28O15. The summed E-state index contributed by atoms with van der Waals surface area (Å²) in [5.41, 5.74) is -1.24. The lowest BCUT2D eigenvalue weighted by atomic mass is 10.00. The Hall–Kier alpha value is -3.67. The minimum Gasteiger partial charge on any atom is -0.508 e. The van der Waals surface area contributed by atoms with Crippen LogP contribution >= 0.6 is 0 Å². The maximum absolute atomic E-state index is 13.6. The van der Waals surface area contributed by atoms with Gasteiger partial charge in [-0.05, 0) is 25.1 Å². The van der Waals surface area contributed by atoms with Crippen LogP contribution in [0.15, 0.2) is 39.5 Å². The van der Waals surface area contributed by atoms with Crippen LogP contribution in [0.3, 0.4) is 0 Å². The monoisotopic (exact) mass is 580 g/mol. The molecule has 2 saturated heterocycles. The molecule has 0 aliphatic carbocycles. The Morgan fingerprint density at radius 3 is 2.24 bits per heavy atom. The Kier molecular flexibility index (Phi) is 7.71. The number of hydrogen-bond donors (Lipinski definition) is 9. The van der Waals surface area contributed by atoms with Crippen LogP contribution < -0.4 is 10.2 Å². The average molecular weight is 580 g/mol. The van der Waals surface area contributed by atoms with Gasteiger partial charge in [0.05, 0.1) is 12.7 Å². The molecule has 3 heterocycles. The topological polar surface area (TPSA) is 249 Å².